The number of unbranched alkanes of at least 4 members (excludes halogenated alkanes) is 2. The van der Waals surface area contributed by atoms with Crippen LogP contribution in [0.4, 0.5) is 0 Å². The number of carbonyl (C=O) groups excluding carboxylic acids is 3. The lowest BCUT2D eigenvalue weighted by Crippen LogP contribution is -2.36. The second kappa shape index (κ2) is 15.5. The molecular formula is C29H32BrN3O5. The molecule has 200 valence electrons. The molecule has 8 nitrogen and oxygen atoms in total. The van der Waals surface area contributed by atoms with Gasteiger partial charge in [-0.15, -0.1) is 0 Å². The maximum atomic E-state index is 12.4. The highest BCUT2D eigenvalue weighted by Crippen LogP contribution is 2.29. The van der Waals surface area contributed by atoms with Crippen LogP contribution in [0.25, 0.3) is 0 Å². The van der Waals surface area contributed by atoms with Gasteiger partial charge in [-0.05, 0) is 77.7 Å². The number of amides is 2. The lowest BCUT2D eigenvalue weighted by Gasteiger charge is -2.13. The molecule has 0 aliphatic heterocycles. The van der Waals surface area contributed by atoms with Crippen molar-refractivity contribution in [1.29, 1.82) is 0 Å². The molecule has 0 aromatic heterocycles. The van der Waals surface area contributed by atoms with Gasteiger partial charge < -0.3 is 14.8 Å². The van der Waals surface area contributed by atoms with E-state index < -0.39 is 5.97 Å². The van der Waals surface area contributed by atoms with Crippen LogP contribution in [0.1, 0.15) is 58.9 Å². The Labute approximate surface area is 231 Å². The first-order valence-corrected chi connectivity index (χ1v) is 13.3. The molecule has 3 aromatic carbocycles. The van der Waals surface area contributed by atoms with Gasteiger partial charge in [0.15, 0.2) is 11.5 Å². The zero-order valence-corrected chi connectivity index (χ0v) is 22.9. The Morgan fingerprint density at radius 3 is 2.39 bits per heavy atom. The average Bonchev–Trinajstić information content (AvgIpc) is 2.92. The third kappa shape index (κ3) is 9.32. The van der Waals surface area contributed by atoms with Gasteiger partial charge in [-0.3, -0.25) is 15.0 Å². The van der Waals surface area contributed by atoms with Crippen molar-refractivity contribution in [3.63, 3.8) is 0 Å². The fourth-order valence-corrected chi connectivity index (χ4v) is 4.05. The van der Waals surface area contributed by atoms with Gasteiger partial charge in [0, 0.05) is 24.0 Å². The van der Waals surface area contributed by atoms with Gasteiger partial charge in [-0.2, -0.15) is 0 Å². The van der Waals surface area contributed by atoms with E-state index in [2.05, 4.69) is 32.1 Å². The number of benzene rings is 3. The van der Waals surface area contributed by atoms with Crippen LogP contribution in [0.2, 0.25) is 0 Å². The molecule has 0 saturated heterocycles. The van der Waals surface area contributed by atoms with Crippen molar-refractivity contribution in [1.82, 2.24) is 16.2 Å². The highest BCUT2D eigenvalue weighted by atomic mass is 79.9. The summed E-state index contributed by atoms with van der Waals surface area (Å²) in [6, 6.07) is 21.3. The summed E-state index contributed by atoms with van der Waals surface area (Å²) in [5.74, 6) is 0.0986. The fourth-order valence-electron chi connectivity index (χ4n) is 3.59. The Kier molecular flexibility index (Phi) is 11.8. The minimum atomic E-state index is -0.462. The number of hydrazine groups is 1. The first kappa shape index (κ1) is 28.9. The van der Waals surface area contributed by atoms with Crippen LogP contribution in [0.15, 0.2) is 77.3 Å². The molecule has 3 rings (SSSR count). The molecule has 0 radical (unpaired) electrons. The van der Waals surface area contributed by atoms with E-state index in [1.54, 1.807) is 48.5 Å². The number of hydrogen-bond donors (Lipinski definition) is 3. The van der Waals surface area contributed by atoms with E-state index in [-0.39, 0.29) is 11.8 Å². The highest BCUT2D eigenvalue weighted by Gasteiger charge is 2.13. The zero-order chi connectivity index (χ0) is 27.2. The van der Waals surface area contributed by atoms with E-state index in [0.717, 1.165) is 22.9 Å². The molecule has 0 heterocycles. The Hall–Kier alpha value is -3.69. The third-order valence-electron chi connectivity index (χ3n) is 5.53. The van der Waals surface area contributed by atoms with Crippen molar-refractivity contribution in [3.05, 3.63) is 94.0 Å². The number of nitrogens with one attached hydrogen (secondary N) is 3. The fraction of sp³-hybridized carbons (Fsp3) is 0.276. The summed E-state index contributed by atoms with van der Waals surface area (Å²) in [7, 11) is 0. The molecular weight excluding hydrogens is 550 g/mol. The molecule has 0 saturated carbocycles. The Balaban J connectivity index is 1.34. The predicted molar refractivity (Wildman–Crippen MR) is 149 cm³/mol. The van der Waals surface area contributed by atoms with Crippen LogP contribution in [0.3, 0.4) is 0 Å². The summed E-state index contributed by atoms with van der Waals surface area (Å²) in [6.45, 7) is 3.19. The van der Waals surface area contributed by atoms with E-state index >= 15 is 0 Å². The van der Waals surface area contributed by atoms with Gasteiger partial charge >= 0.3 is 5.97 Å². The van der Waals surface area contributed by atoms with E-state index in [4.69, 9.17) is 9.47 Å². The van der Waals surface area contributed by atoms with E-state index in [1.165, 1.54) is 0 Å². The number of esters is 1. The third-order valence-corrected chi connectivity index (χ3v) is 6.22. The molecule has 0 unspecified atom stereocenters. The topological polar surface area (TPSA) is 106 Å². The number of carbonyl (C=O) groups is 3. The van der Waals surface area contributed by atoms with Crippen molar-refractivity contribution in [2.75, 3.05) is 13.2 Å². The second-order valence-corrected chi connectivity index (χ2v) is 9.27. The predicted octanol–water partition coefficient (Wildman–Crippen LogP) is 5.18. The zero-order valence-electron chi connectivity index (χ0n) is 21.3. The molecule has 9 heteroatoms. The van der Waals surface area contributed by atoms with Gasteiger partial charge in [0.25, 0.3) is 5.91 Å². The summed E-state index contributed by atoms with van der Waals surface area (Å²) in [4.78, 5) is 36.7. The maximum absolute atomic E-state index is 12.4. The largest absolute Gasteiger partial charge is 0.490 e. The SMILES string of the molecule is CCOc1cc(CNNC(=O)CCCCCNC(=O)c2ccccc2Br)ccc1OC(=O)c1ccccc1. The average molecular weight is 582 g/mol. The smallest absolute Gasteiger partial charge is 0.343 e. The first-order chi connectivity index (χ1) is 18.5. The molecule has 0 aliphatic carbocycles. The molecule has 0 spiro atoms. The summed E-state index contributed by atoms with van der Waals surface area (Å²) in [5.41, 5.74) is 7.53. The summed E-state index contributed by atoms with van der Waals surface area (Å²) < 4.78 is 11.9. The van der Waals surface area contributed by atoms with E-state index in [1.807, 2.05) is 31.2 Å². The maximum Gasteiger partial charge on any atom is 0.343 e. The van der Waals surface area contributed by atoms with Crippen LogP contribution in [0.5, 0.6) is 11.5 Å². The first-order valence-electron chi connectivity index (χ1n) is 12.5. The van der Waals surface area contributed by atoms with Crippen LogP contribution in [-0.4, -0.2) is 30.9 Å². The molecule has 0 fully saturated rings. The summed E-state index contributed by atoms with van der Waals surface area (Å²) in [6.07, 6.45) is 2.71. The van der Waals surface area contributed by atoms with Gasteiger partial charge in [0.05, 0.1) is 17.7 Å². The molecule has 2 amide bonds. The van der Waals surface area contributed by atoms with Crippen LogP contribution in [-0.2, 0) is 11.3 Å². The van der Waals surface area contributed by atoms with Gasteiger partial charge in [-0.1, -0.05) is 42.8 Å². The van der Waals surface area contributed by atoms with Crippen molar-refractivity contribution in [3.8, 4) is 11.5 Å². The molecule has 38 heavy (non-hydrogen) atoms. The lowest BCUT2D eigenvalue weighted by atomic mass is 10.1. The van der Waals surface area contributed by atoms with Gasteiger partial charge in [-0.25, -0.2) is 10.2 Å². The molecule has 3 aromatic rings. The van der Waals surface area contributed by atoms with Crippen molar-refractivity contribution in [2.24, 2.45) is 0 Å². The van der Waals surface area contributed by atoms with Gasteiger partial charge in [0.2, 0.25) is 5.91 Å². The van der Waals surface area contributed by atoms with E-state index in [0.29, 0.717) is 55.2 Å². The van der Waals surface area contributed by atoms with Gasteiger partial charge in [0.1, 0.15) is 0 Å². The standard InChI is InChI=1S/C29H32BrN3O5/c1-2-37-26-19-21(16-17-25(26)38-29(36)22-11-5-3-6-12-22)20-32-33-27(34)15-7-4-10-18-31-28(35)23-13-8-9-14-24(23)30/h3,5-6,8-9,11-14,16-17,19,32H,2,4,7,10,15,18,20H2,1H3,(H,31,35)(H,33,34). The normalized spacial score (nSPS) is 10.5. The summed E-state index contributed by atoms with van der Waals surface area (Å²) in [5, 5.41) is 2.90. The molecule has 0 aliphatic rings. The summed E-state index contributed by atoms with van der Waals surface area (Å²) >= 11 is 3.38. The Morgan fingerprint density at radius 2 is 1.63 bits per heavy atom. The monoisotopic (exact) mass is 581 g/mol. The van der Waals surface area contributed by atoms with Crippen LogP contribution in [0, 0.1) is 0 Å². The van der Waals surface area contributed by atoms with Crippen LogP contribution < -0.4 is 25.6 Å². The number of hydrogen-bond acceptors (Lipinski definition) is 6. The Morgan fingerprint density at radius 1 is 0.868 bits per heavy atom. The highest BCUT2D eigenvalue weighted by molar-refractivity contribution is 9.10. The second-order valence-electron chi connectivity index (χ2n) is 8.42. The quantitative estimate of drug-likeness (QED) is 0.105. The minimum absolute atomic E-state index is 0.110. The van der Waals surface area contributed by atoms with Crippen molar-refractivity contribution in [2.45, 2.75) is 39.2 Å². The molecule has 3 N–H and O–H groups in total. The Bertz CT molecular complexity index is 1220. The number of ether oxygens (including phenoxy) is 2. The number of halogens is 1. The van der Waals surface area contributed by atoms with Crippen LogP contribution >= 0.6 is 15.9 Å². The van der Waals surface area contributed by atoms with Crippen molar-refractivity contribution < 1.29 is 23.9 Å². The molecule has 0 bridgehead atoms. The minimum Gasteiger partial charge on any atom is -0.490 e. The molecule has 0 atom stereocenters. The number of rotatable bonds is 14. The van der Waals surface area contributed by atoms with Crippen molar-refractivity contribution >= 4 is 33.7 Å². The van der Waals surface area contributed by atoms with E-state index in [9.17, 15) is 14.4 Å². The lowest BCUT2D eigenvalue weighted by molar-refractivity contribution is -0.122.